The molecule has 0 bridgehead atoms. The zero-order valence-corrected chi connectivity index (χ0v) is 16.6. The first kappa shape index (κ1) is 21.4. The molecule has 0 saturated heterocycles. The standard InChI is InChI=1S/C22H20F3N3O2/c1-4-5-13-6-8-15-17(10-13)20(26-12-21(2,3)30)28-27-19(15)16-9-7-14(11-18(16)29)22(23,24)25/h6-11,29-30H,12H2,1-3H3,(H,26,28). The quantitative estimate of drug-likeness (QED) is 0.544. The van der Waals surface area contributed by atoms with Crippen molar-refractivity contribution in [1.82, 2.24) is 10.2 Å². The third-order valence-corrected chi connectivity index (χ3v) is 4.32. The van der Waals surface area contributed by atoms with E-state index < -0.39 is 23.1 Å². The number of anilines is 1. The Morgan fingerprint density at radius 3 is 2.37 bits per heavy atom. The van der Waals surface area contributed by atoms with Crippen LogP contribution in [0.3, 0.4) is 0 Å². The second kappa shape index (κ2) is 7.84. The van der Waals surface area contributed by atoms with Gasteiger partial charge in [-0.15, -0.1) is 16.1 Å². The van der Waals surface area contributed by atoms with Crippen molar-refractivity contribution in [3.8, 4) is 28.8 Å². The number of nitrogens with zero attached hydrogens (tertiary/aromatic N) is 2. The molecule has 0 amide bonds. The number of hydrogen-bond donors (Lipinski definition) is 3. The predicted molar refractivity (Wildman–Crippen MR) is 109 cm³/mol. The molecule has 0 spiro atoms. The number of phenolic OH excluding ortho intramolecular Hbond substituents is 1. The highest BCUT2D eigenvalue weighted by Gasteiger charge is 2.31. The molecule has 0 radical (unpaired) electrons. The zero-order chi connectivity index (χ0) is 22.1. The molecule has 1 aromatic heterocycles. The molecule has 3 aromatic rings. The first-order chi connectivity index (χ1) is 14.0. The van der Waals surface area contributed by atoms with Crippen LogP contribution in [-0.2, 0) is 6.18 Å². The number of nitrogens with one attached hydrogen (secondary N) is 1. The van der Waals surface area contributed by atoms with Gasteiger partial charge in [0.1, 0.15) is 11.4 Å². The van der Waals surface area contributed by atoms with Crippen molar-refractivity contribution < 1.29 is 23.4 Å². The number of rotatable bonds is 4. The molecule has 3 N–H and O–H groups in total. The van der Waals surface area contributed by atoms with E-state index in [2.05, 4.69) is 27.4 Å². The third-order valence-electron chi connectivity index (χ3n) is 4.32. The van der Waals surface area contributed by atoms with Crippen LogP contribution in [0, 0.1) is 11.8 Å². The summed E-state index contributed by atoms with van der Waals surface area (Å²) in [6, 6.07) is 7.99. The van der Waals surface area contributed by atoms with Gasteiger partial charge < -0.3 is 15.5 Å². The number of halogens is 3. The molecule has 1 heterocycles. The Bertz CT molecular complexity index is 1160. The van der Waals surface area contributed by atoms with E-state index in [4.69, 9.17) is 0 Å². The van der Waals surface area contributed by atoms with Crippen LogP contribution in [0.5, 0.6) is 5.75 Å². The third kappa shape index (κ3) is 4.63. The van der Waals surface area contributed by atoms with Gasteiger partial charge in [0.15, 0.2) is 5.82 Å². The Morgan fingerprint density at radius 1 is 1.03 bits per heavy atom. The molecule has 0 aliphatic heterocycles. The van der Waals surface area contributed by atoms with Gasteiger partial charge in [0, 0.05) is 28.4 Å². The van der Waals surface area contributed by atoms with Crippen LogP contribution in [-0.4, -0.2) is 32.6 Å². The van der Waals surface area contributed by atoms with Gasteiger partial charge >= 0.3 is 6.18 Å². The van der Waals surface area contributed by atoms with Crippen LogP contribution in [0.25, 0.3) is 22.0 Å². The summed E-state index contributed by atoms with van der Waals surface area (Å²) >= 11 is 0. The summed E-state index contributed by atoms with van der Waals surface area (Å²) in [5, 5.41) is 32.7. The SMILES string of the molecule is CC#Cc1ccc2c(-c3ccc(C(F)(F)F)cc3O)nnc(NCC(C)(C)O)c2c1. The number of hydrogen-bond acceptors (Lipinski definition) is 5. The molecular weight excluding hydrogens is 395 g/mol. The number of aliphatic hydroxyl groups is 1. The van der Waals surface area contributed by atoms with Gasteiger partial charge in [-0.25, -0.2) is 0 Å². The van der Waals surface area contributed by atoms with Crippen molar-refractivity contribution >= 4 is 16.6 Å². The Morgan fingerprint density at radius 2 is 1.77 bits per heavy atom. The van der Waals surface area contributed by atoms with E-state index >= 15 is 0 Å². The maximum absolute atomic E-state index is 12.9. The first-order valence-electron chi connectivity index (χ1n) is 9.09. The minimum Gasteiger partial charge on any atom is -0.507 e. The maximum Gasteiger partial charge on any atom is 0.416 e. The van der Waals surface area contributed by atoms with Crippen LogP contribution in [0.2, 0.25) is 0 Å². The number of phenols is 1. The normalized spacial score (nSPS) is 11.8. The molecule has 156 valence electrons. The van der Waals surface area contributed by atoms with Crippen LogP contribution in [0.15, 0.2) is 36.4 Å². The molecule has 0 fully saturated rings. The summed E-state index contributed by atoms with van der Waals surface area (Å²) in [5.74, 6) is 5.60. The number of aromatic hydroxyl groups is 1. The van der Waals surface area contributed by atoms with E-state index in [-0.39, 0.29) is 17.8 Å². The molecular formula is C22H20F3N3O2. The summed E-state index contributed by atoms with van der Waals surface area (Å²) in [6.07, 6.45) is -4.57. The maximum atomic E-state index is 12.9. The van der Waals surface area contributed by atoms with Crippen LogP contribution >= 0.6 is 0 Å². The van der Waals surface area contributed by atoms with Gasteiger partial charge in [-0.1, -0.05) is 12.0 Å². The largest absolute Gasteiger partial charge is 0.507 e. The minimum absolute atomic E-state index is 0.129. The summed E-state index contributed by atoms with van der Waals surface area (Å²) in [6.45, 7) is 5.18. The number of fused-ring (bicyclic) bond motifs is 1. The fraction of sp³-hybridized carbons (Fsp3) is 0.273. The summed E-state index contributed by atoms with van der Waals surface area (Å²) < 4.78 is 38.8. The smallest absolute Gasteiger partial charge is 0.416 e. The lowest BCUT2D eigenvalue weighted by Crippen LogP contribution is -2.29. The Kier molecular flexibility index (Phi) is 5.59. The second-order valence-electron chi connectivity index (χ2n) is 7.43. The highest BCUT2D eigenvalue weighted by molar-refractivity contribution is 6.01. The first-order valence-corrected chi connectivity index (χ1v) is 9.09. The Balaban J connectivity index is 2.18. The van der Waals surface area contributed by atoms with Crippen molar-refractivity contribution in [3.63, 3.8) is 0 Å². The van der Waals surface area contributed by atoms with Crippen molar-refractivity contribution in [1.29, 1.82) is 0 Å². The average Bonchev–Trinajstić information content (AvgIpc) is 2.65. The lowest BCUT2D eigenvalue weighted by Gasteiger charge is -2.19. The highest BCUT2D eigenvalue weighted by Crippen LogP contribution is 2.38. The lowest BCUT2D eigenvalue weighted by molar-refractivity contribution is -0.137. The summed E-state index contributed by atoms with van der Waals surface area (Å²) in [7, 11) is 0. The molecule has 0 atom stereocenters. The topological polar surface area (TPSA) is 78.3 Å². The average molecular weight is 415 g/mol. The van der Waals surface area contributed by atoms with E-state index in [9.17, 15) is 23.4 Å². The molecule has 3 rings (SSSR count). The van der Waals surface area contributed by atoms with E-state index in [1.54, 1.807) is 39.0 Å². The van der Waals surface area contributed by atoms with Crippen molar-refractivity contribution in [2.75, 3.05) is 11.9 Å². The lowest BCUT2D eigenvalue weighted by atomic mass is 10.0. The van der Waals surface area contributed by atoms with Crippen molar-refractivity contribution in [2.45, 2.75) is 32.5 Å². The summed E-state index contributed by atoms with van der Waals surface area (Å²) in [4.78, 5) is 0. The Labute approximate surface area is 171 Å². The van der Waals surface area contributed by atoms with Gasteiger partial charge in [0.25, 0.3) is 0 Å². The minimum atomic E-state index is -4.57. The van der Waals surface area contributed by atoms with E-state index in [0.717, 1.165) is 6.07 Å². The van der Waals surface area contributed by atoms with Crippen LogP contribution in [0.1, 0.15) is 31.9 Å². The fourth-order valence-electron chi connectivity index (χ4n) is 2.91. The van der Waals surface area contributed by atoms with Crippen molar-refractivity contribution in [2.24, 2.45) is 0 Å². The predicted octanol–water partition coefficient (Wildman–Crippen LogP) is 4.58. The number of benzene rings is 2. The van der Waals surface area contributed by atoms with E-state index in [1.165, 1.54) is 6.07 Å². The fourth-order valence-corrected chi connectivity index (χ4v) is 2.91. The molecule has 8 heteroatoms. The molecule has 0 unspecified atom stereocenters. The molecule has 30 heavy (non-hydrogen) atoms. The summed E-state index contributed by atoms with van der Waals surface area (Å²) in [5.41, 5.74) is -0.874. The van der Waals surface area contributed by atoms with Gasteiger partial charge in [0.05, 0.1) is 11.2 Å². The van der Waals surface area contributed by atoms with Gasteiger partial charge in [0.2, 0.25) is 0 Å². The molecule has 0 aliphatic rings. The molecule has 5 nitrogen and oxygen atoms in total. The van der Waals surface area contributed by atoms with Crippen molar-refractivity contribution in [3.05, 3.63) is 47.5 Å². The van der Waals surface area contributed by atoms with Gasteiger partial charge in [-0.2, -0.15) is 13.2 Å². The van der Waals surface area contributed by atoms with Crippen LogP contribution < -0.4 is 5.32 Å². The van der Waals surface area contributed by atoms with Gasteiger partial charge in [-0.3, -0.25) is 0 Å². The van der Waals surface area contributed by atoms with Gasteiger partial charge in [-0.05, 0) is 51.1 Å². The van der Waals surface area contributed by atoms with E-state index in [1.807, 2.05) is 0 Å². The molecule has 2 aromatic carbocycles. The van der Waals surface area contributed by atoms with Crippen LogP contribution in [0.4, 0.5) is 19.0 Å². The zero-order valence-electron chi connectivity index (χ0n) is 16.6. The highest BCUT2D eigenvalue weighted by atomic mass is 19.4. The number of aromatic nitrogens is 2. The van der Waals surface area contributed by atoms with E-state index in [0.29, 0.717) is 28.2 Å². The monoisotopic (exact) mass is 415 g/mol. The Hall–Kier alpha value is -3.31. The molecule has 0 aliphatic carbocycles. The second-order valence-corrected chi connectivity index (χ2v) is 7.43. The molecule has 0 saturated carbocycles. The number of alkyl halides is 3.